The fourth-order valence-electron chi connectivity index (χ4n) is 2.51. The van der Waals surface area contributed by atoms with Crippen molar-refractivity contribution in [2.24, 2.45) is 0 Å². The van der Waals surface area contributed by atoms with Crippen LogP contribution >= 0.6 is 0 Å². The molecule has 0 heterocycles. The molecule has 0 amide bonds. The second kappa shape index (κ2) is 11.5. The molecule has 1 aromatic rings. The van der Waals surface area contributed by atoms with Gasteiger partial charge in [-0.05, 0) is 18.6 Å². The smallest absolute Gasteiger partial charge is 0.331 e. The molecule has 0 saturated heterocycles. The molecule has 1 unspecified atom stereocenters. The van der Waals surface area contributed by atoms with E-state index in [9.17, 15) is 4.79 Å². The standard InChI is InChI=1S/C20H30O4/c1-3-4-5-6-7-8-12-16-20(2,23-17-15-19(21)22)24-18-13-10-9-11-14-18/h9-11,13-15,17H,3-8,12,16H2,1-2H3,(H,21,22). The third-order valence-corrected chi connectivity index (χ3v) is 3.84. The first kappa shape index (κ1) is 20.1. The van der Waals surface area contributed by atoms with Gasteiger partial charge >= 0.3 is 5.97 Å². The average molecular weight is 334 g/mol. The molecule has 24 heavy (non-hydrogen) atoms. The summed E-state index contributed by atoms with van der Waals surface area (Å²) in [5, 5.41) is 8.71. The molecule has 1 rings (SSSR count). The van der Waals surface area contributed by atoms with Gasteiger partial charge in [-0.3, -0.25) is 0 Å². The normalized spacial score (nSPS) is 13.6. The summed E-state index contributed by atoms with van der Waals surface area (Å²) in [6, 6.07) is 9.46. The monoisotopic (exact) mass is 334 g/mol. The van der Waals surface area contributed by atoms with Gasteiger partial charge in [0.15, 0.2) is 0 Å². The van der Waals surface area contributed by atoms with Crippen molar-refractivity contribution in [1.29, 1.82) is 0 Å². The van der Waals surface area contributed by atoms with E-state index in [1.165, 1.54) is 38.4 Å². The Bertz CT molecular complexity index is 484. The van der Waals surface area contributed by atoms with E-state index in [0.717, 1.165) is 18.9 Å². The van der Waals surface area contributed by atoms with Crippen molar-refractivity contribution in [2.75, 3.05) is 0 Å². The van der Waals surface area contributed by atoms with Gasteiger partial charge in [0.1, 0.15) is 5.75 Å². The molecular formula is C20H30O4. The van der Waals surface area contributed by atoms with Gasteiger partial charge in [-0.25, -0.2) is 4.79 Å². The lowest BCUT2D eigenvalue weighted by Gasteiger charge is -2.30. The molecule has 0 saturated carbocycles. The summed E-state index contributed by atoms with van der Waals surface area (Å²) in [5.41, 5.74) is 0. The van der Waals surface area contributed by atoms with E-state index >= 15 is 0 Å². The number of carboxylic acid groups (broad SMARTS) is 1. The molecule has 0 aromatic heterocycles. The second-order valence-electron chi connectivity index (χ2n) is 6.18. The van der Waals surface area contributed by atoms with Gasteiger partial charge in [-0.2, -0.15) is 0 Å². The van der Waals surface area contributed by atoms with E-state index in [2.05, 4.69) is 6.92 Å². The highest BCUT2D eigenvalue weighted by molar-refractivity contribution is 5.79. The molecule has 0 aliphatic rings. The van der Waals surface area contributed by atoms with Gasteiger partial charge < -0.3 is 14.6 Å². The summed E-state index contributed by atoms with van der Waals surface area (Å²) in [6.07, 6.45) is 11.3. The van der Waals surface area contributed by atoms with Crippen LogP contribution in [0, 0.1) is 0 Å². The average Bonchev–Trinajstić information content (AvgIpc) is 2.54. The predicted molar refractivity (Wildman–Crippen MR) is 95.9 cm³/mol. The number of para-hydroxylation sites is 1. The van der Waals surface area contributed by atoms with Crippen molar-refractivity contribution >= 4 is 5.97 Å². The van der Waals surface area contributed by atoms with E-state index < -0.39 is 11.8 Å². The third-order valence-electron chi connectivity index (χ3n) is 3.84. The van der Waals surface area contributed by atoms with Crippen LogP contribution in [0.25, 0.3) is 0 Å². The Morgan fingerprint density at radius 2 is 1.71 bits per heavy atom. The molecule has 1 atom stereocenters. The maximum Gasteiger partial charge on any atom is 0.331 e. The van der Waals surface area contributed by atoms with Crippen LogP contribution in [0.5, 0.6) is 5.75 Å². The maximum absolute atomic E-state index is 10.6. The molecular weight excluding hydrogens is 304 g/mol. The molecule has 0 spiro atoms. The molecule has 4 nitrogen and oxygen atoms in total. The predicted octanol–water partition coefficient (Wildman–Crippen LogP) is 5.54. The Balaban J connectivity index is 2.49. The molecule has 0 aliphatic heterocycles. The Morgan fingerprint density at radius 3 is 2.33 bits per heavy atom. The van der Waals surface area contributed by atoms with Crippen LogP contribution in [-0.4, -0.2) is 16.9 Å². The third kappa shape index (κ3) is 9.23. The van der Waals surface area contributed by atoms with E-state index in [0.29, 0.717) is 12.2 Å². The van der Waals surface area contributed by atoms with Gasteiger partial charge in [-0.15, -0.1) is 0 Å². The summed E-state index contributed by atoms with van der Waals surface area (Å²) >= 11 is 0. The first-order chi connectivity index (χ1) is 11.6. The van der Waals surface area contributed by atoms with Crippen molar-refractivity contribution in [1.82, 2.24) is 0 Å². The SMILES string of the molecule is CCCCCCCCCC(C)(OC=CC(=O)O)Oc1ccccc1. The highest BCUT2D eigenvalue weighted by atomic mass is 16.7. The van der Waals surface area contributed by atoms with Crippen LogP contribution in [0.1, 0.15) is 65.2 Å². The zero-order valence-corrected chi connectivity index (χ0v) is 14.9. The largest absolute Gasteiger partial charge is 0.478 e. The van der Waals surface area contributed by atoms with Crippen LogP contribution in [0.3, 0.4) is 0 Å². The number of carbonyl (C=O) groups is 1. The van der Waals surface area contributed by atoms with Gasteiger partial charge in [-0.1, -0.05) is 63.6 Å². The second-order valence-corrected chi connectivity index (χ2v) is 6.18. The molecule has 0 aliphatic carbocycles. The number of unbranched alkanes of at least 4 members (excludes halogenated alkanes) is 6. The summed E-state index contributed by atoms with van der Waals surface area (Å²) in [6.45, 7) is 4.07. The van der Waals surface area contributed by atoms with Crippen molar-refractivity contribution < 1.29 is 19.4 Å². The molecule has 0 bridgehead atoms. The topological polar surface area (TPSA) is 55.8 Å². The van der Waals surface area contributed by atoms with E-state index in [-0.39, 0.29) is 0 Å². The van der Waals surface area contributed by atoms with E-state index in [4.69, 9.17) is 14.6 Å². The van der Waals surface area contributed by atoms with Crippen molar-refractivity contribution in [2.45, 2.75) is 71.0 Å². The van der Waals surface area contributed by atoms with Crippen LogP contribution in [0.4, 0.5) is 0 Å². The lowest BCUT2D eigenvalue weighted by molar-refractivity contribution is -0.138. The number of hydrogen-bond donors (Lipinski definition) is 1. The Morgan fingerprint density at radius 1 is 1.08 bits per heavy atom. The first-order valence-corrected chi connectivity index (χ1v) is 8.87. The molecule has 4 heteroatoms. The lowest BCUT2D eigenvalue weighted by atomic mass is 10.1. The summed E-state index contributed by atoms with van der Waals surface area (Å²) in [5.74, 6) is -1.18. The van der Waals surface area contributed by atoms with Crippen LogP contribution < -0.4 is 4.74 Å². The Kier molecular flexibility index (Phi) is 9.66. The number of ether oxygens (including phenoxy) is 2. The van der Waals surface area contributed by atoms with Crippen molar-refractivity contribution in [3.63, 3.8) is 0 Å². The fraction of sp³-hybridized carbons (Fsp3) is 0.550. The minimum atomic E-state index is -1.03. The maximum atomic E-state index is 10.6. The number of carboxylic acids is 1. The van der Waals surface area contributed by atoms with Gasteiger partial charge in [0.25, 0.3) is 0 Å². The number of benzene rings is 1. The van der Waals surface area contributed by atoms with Crippen molar-refractivity contribution in [3.05, 3.63) is 42.7 Å². The van der Waals surface area contributed by atoms with Crippen molar-refractivity contribution in [3.8, 4) is 5.75 Å². The quantitative estimate of drug-likeness (QED) is 0.223. The molecule has 134 valence electrons. The van der Waals surface area contributed by atoms with Crippen LogP contribution in [0.2, 0.25) is 0 Å². The Labute approximate surface area is 145 Å². The zero-order valence-electron chi connectivity index (χ0n) is 14.9. The minimum absolute atomic E-state index is 0.708. The molecule has 0 fully saturated rings. The first-order valence-electron chi connectivity index (χ1n) is 8.87. The summed E-state index contributed by atoms with van der Waals surface area (Å²) < 4.78 is 11.6. The van der Waals surface area contributed by atoms with Gasteiger partial charge in [0.05, 0.1) is 12.3 Å². The summed E-state index contributed by atoms with van der Waals surface area (Å²) in [4.78, 5) is 10.6. The lowest BCUT2D eigenvalue weighted by Crippen LogP contribution is -2.34. The highest BCUT2D eigenvalue weighted by Crippen LogP contribution is 2.25. The summed E-state index contributed by atoms with van der Waals surface area (Å²) in [7, 11) is 0. The number of aliphatic carboxylic acids is 1. The minimum Gasteiger partial charge on any atom is -0.478 e. The van der Waals surface area contributed by atoms with E-state index in [1.807, 2.05) is 37.3 Å². The van der Waals surface area contributed by atoms with Crippen LogP contribution in [-0.2, 0) is 9.53 Å². The highest BCUT2D eigenvalue weighted by Gasteiger charge is 2.26. The zero-order chi connectivity index (χ0) is 17.7. The van der Waals surface area contributed by atoms with E-state index in [1.54, 1.807) is 0 Å². The molecule has 1 aromatic carbocycles. The molecule has 1 N–H and O–H groups in total. The number of hydrogen-bond acceptors (Lipinski definition) is 3. The molecule has 0 radical (unpaired) electrons. The van der Waals surface area contributed by atoms with Gasteiger partial charge in [0.2, 0.25) is 5.79 Å². The fourth-order valence-corrected chi connectivity index (χ4v) is 2.51. The van der Waals surface area contributed by atoms with Gasteiger partial charge in [0, 0.05) is 13.3 Å². The Hall–Kier alpha value is -1.97. The van der Waals surface area contributed by atoms with Crippen LogP contribution in [0.15, 0.2) is 42.7 Å². The number of rotatable bonds is 13.